The summed E-state index contributed by atoms with van der Waals surface area (Å²) in [7, 11) is -3.19. The summed E-state index contributed by atoms with van der Waals surface area (Å²) in [5, 5.41) is 12.0. The molecule has 0 aromatic carbocycles. The number of nitriles is 1. The Balaban J connectivity index is 2.71. The number of pyridine rings is 1. The Bertz CT molecular complexity index is 575. The number of hydrogen-bond acceptors (Lipinski definition) is 5. The number of nitrogens with one attached hydrogen (secondary N) is 2. The first-order valence-corrected chi connectivity index (χ1v) is 7.29. The molecule has 0 saturated heterocycles. The van der Waals surface area contributed by atoms with E-state index in [1.165, 1.54) is 0 Å². The molecule has 0 aliphatic heterocycles. The second kappa shape index (κ2) is 5.80. The Morgan fingerprint density at radius 1 is 1.39 bits per heavy atom. The zero-order valence-electron chi connectivity index (χ0n) is 10.6. The molecule has 0 fully saturated rings. The number of hydrogen-bond donors (Lipinski definition) is 2. The van der Waals surface area contributed by atoms with Crippen LogP contribution < -0.4 is 10.0 Å². The van der Waals surface area contributed by atoms with E-state index in [1.807, 2.05) is 19.9 Å². The van der Waals surface area contributed by atoms with Gasteiger partial charge in [0.2, 0.25) is 10.0 Å². The number of aryl methyl sites for hydroxylation is 2. The van der Waals surface area contributed by atoms with Crippen LogP contribution >= 0.6 is 0 Å². The van der Waals surface area contributed by atoms with Crippen molar-refractivity contribution in [3.05, 3.63) is 22.9 Å². The van der Waals surface area contributed by atoms with Crippen LogP contribution in [0.15, 0.2) is 6.07 Å². The summed E-state index contributed by atoms with van der Waals surface area (Å²) in [4.78, 5) is 4.23. The quantitative estimate of drug-likeness (QED) is 0.760. The van der Waals surface area contributed by atoms with Crippen molar-refractivity contribution in [2.45, 2.75) is 13.8 Å². The topological polar surface area (TPSA) is 94.9 Å². The van der Waals surface area contributed by atoms with E-state index in [1.54, 1.807) is 0 Å². The highest BCUT2D eigenvalue weighted by Crippen LogP contribution is 2.16. The number of sulfonamides is 1. The van der Waals surface area contributed by atoms with Crippen molar-refractivity contribution in [2.24, 2.45) is 0 Å². The lowest BCUT2D eigenvalue weighted by molar-refractivity contribution is 0.589. The van der Waals surface area contributed by atoms with E-state index in [2.05, 4.69) is 21.1 Å². The van der Waals surface area contributed by atoms with Crippen LogP contribution in [0.1, 0.15) is 16.8 Å². The largest absolute Gasteiger partial charge is 0.368 e. The van der Waals surface area contributed by atoms with Crippen LogP contribution in [0.25, 0.3) is 0 Å². The summed E-state index contributed by atoms with van der Waals surface area (Å²) in [6.07, 6.45) is 1.10. The van der Waals surface area contributed by atoms with Crippen molar-refractivity contribution < 1.29 is 8.42 Å². The van der Waals surface area contributed by atoms with Crippen molar-refractivity contribution in [1.29, 1.82) is 5.26 Å². The number of anilines is 1. The van der Waals surface area contributed by atoms with Crippen LogP contribution in [0, 0.1) is 25.2 Å². The fourth-order valence-corrected chi connectivity index (χ4v) is 2.00. The van der Waals surface area contributed by atoms with Crippen LogP contribution in [-0.2, 0) is 10.0 Å². The lowest BCUT2D eigenvalue weighted by Gasteiger charge is -2.10. The van der Waals surface area contributed by atoms with Gasteiger partial charge in [0, 0.05) is 18.8 Å². The van der Waals surface area contributed by atoms with Crippen LogP contribution in [-0.4, -0.2) is 32.7 Å². The summed E-state index contributed by atoms with van der Waals surface area (Å²) in [5.41, 5.74) is 2.15. The molecule has 0 unspecified atom stereocenters. The standard InChI is InChI=1S/C11H16N4O2S/c1-8-6-9(2)15-11(10(8)7-12)13-4-5-14-18(3,16)17/h6,14H,4-5H2,1-3H3,(H,13,15). The molecular formula is C11H16N4O2S. The Kier molecular flexibility index (Phi) is 4.64. The predicted molar refractivity (Wildman–Crippen MR) is 69.8 cm³/mol. The smallest absolute Gasteiger partial charge is 0.208 e. The van der Waals surface area contributed by atoms with E-state index in [-0.39, 0.29) is 6.54 Å². The Morgan fingerprint density at radius 2 is 2.06 bits per heavy atom. The molecule has 0 spiro atoms. The predicted octanol–water partition coefficient (Wildman–Crippen LogP) is 0.531. The molecule has 0 saturated carbocycles. The van der Waals surface area contributed by atoms with Crippen LogP contribution in [0.4, 0.5) is 5.82 Å². The van der Waals surface area contributed by atoms with Gasteiger partial charge in [0.25, 0.3) is 0 Å². The maximum atomic E-state index is 10.9. The van der Waals surface area contributed by atoms with E-state index in [4.69, 9.17) is 5.26 Å². The highest BCUT2D eigenvalue weighted by Gasteiger charge is 2.08. The minimum Gasteiger partial charge on any atom is -0.368 e. The van der Waals surface area contributed by atoms with Gasteiger partial charge in [-0.25, -0.2) is 18.1 Å². The van der Waals surface area contributed by atoms with Gasteiger partial charge in [-0.15, -0.1) is 0 Å². The average molecular weight is 268 g/mol. The molecule has 7 heteroatoms. The maximum Gasteiger partial charge on any atom is 0.208 e. The Labute approximate surface area is 107 Å². The molecule has 98 valence electrons. The number of nitrogens with zero attached hydrogens (tertiary/aromatic N) is 2. The van der Waals surface area contributed by atoms with Crippen molar-refractivity contribution in [3.8, 4) is 6.07 Å². The Hall–Kier alpha value is -1.65. The summed E-state index contributed by atoms with van der Waals surface area (Å²) in [6, 6.07) is 3.92. The maximum absolute atomic E-state index is 10.9. The van der Waals surface area contributed by atoms with Crippen LogP contribution in [0.2, 0.25) is 0 Å². The SMILES string of the molecule is Cc1cc(C)c(C#N)c(NCCNS(C)(=O)=O)n1. The third-order valence-corrected chi connectivity index (χ3v) is 2.97. The monoisotopic (exact) mass is 268 g/mol. The van der Waals surface area contributed by atoms with Crippen molar-refractivity contribution >= 4 is 15.8 Å². The molecule has 0 atom stereocenters. The number of aromatic nitrogens is 1. The van der Waals surface area contributed by atoms with Crippen LogP contribution in [0.3, 0.4) is 0 Å². The molecule has 18 heavy (non-hydrogen) atoms. The average Bonchev–Trinajstić information content (AvgIpc) is 2.22. The summed E-state index contributed by atoms with van der Waals surface area (Å²) in [5.74, 6) is 0.491. The van der Waals surface area contributed by atoms with E-state index in [9.17, 15) is 8.42 Å². The minimum atomic E-state index is -3.19. The summed E-state index contributed by atoms with van der Waals surface area (Å²) >= 11 is 0. The van der Waals surface area contributed by atoms with Gasteiger partial charge in [-0.2, -0.15) is 5.26 Å². The molecule has 1 heterocycles. The van der Waals surface area contributed by atoms with Gasteiger partial charge in [0.1, 0.15) is 11.9 Å². The number of rotatable bonds is 5. The molecule has 0 aliphatic rings. The first-order valence-electron chi connectivity index (χ1n) is 5.40. The molecule has 1 rings (SSSR count). The van der Waals surface area contributed by atoms with E-state index in [0.29, 0.717) is 17.9 Å². The summed E-state index contributed by atoms with van der Waals surface area (Å²) in [6.45, 7) is 4.30. The van der Waals surface area contributed by atoms with Gasteiger partial charge >= 0.3 is 0 Å². The zero-order chi connectivity index (χ0) is 13.8. The van der Waals surface area contributed by atoms with Gasteiger partial charge in [0.15, 0.2) is 0 Å². The highest BCUT2D eigenvalue weighted by atomic mass is 32.2. The van der Waals surface area contributed by atoms with Crippen molar-refractivity contribution in [1.82, 2.24) is 9.71 Å². The van der Waals surface area contributed by atoms with Gasteiger partial charge in [-0.05, 0) is 25.5 Å². The molecule has 0 aliphatic carbocycles. The normalized spacial score (nSPS) is 11.0. The van der Waals surface area contributed by atoms with E-state index >= 15 is 0 Å². The third kappa shape index (κ3) is 4.31. The first-order chi connectivity index (χ1) is 8.33. The molecule has 6 nitrogen and oxygen atoms in total. The molecule has 1 aromatic heterocycles. The van der Waals surface area contributed by atoms with Gasteiger partial charge in [0.05, 0.1) is 11.8 Å². The second-order valence-electron chi connectivity index (χ2n) is 4.01. The van der Waals surface area contributed by atoms with E-state index < -0.39 is 10.0 Å². The molecule has 0 bridgehead atoms. The molecule has 1 aromatic rings. The fraction of sp³-hybridized carbons (Fsp3) is 0.455. The highest BCUT2D eigenvalue weighted by molar-refractivity contribution is 7.88. The zero-order valence-corrected chi connectivity index (χ0v) is 11.4. The van der Waals surface area contributed by atoms with Gasteiger partial charge in [-0.1, -0.05) is 0 Å². The summed E-state index contributed by atoms with van der Waals surface area (Å²) < 4.78 is 24.1. The van der Waals surface area contributed by atoms with Crippen molar-refractivity contribution in [3.63, 3.8) is 0 Å². The molecule has 2 N–H and O–H groups in total. The van der Waals surface area contributed by atoms with Gasteiger partial charge in [-0.3, -0.25) is 0 Å². The molecular weight excluding hydrogens is 252 g/mol. The van der Waals surface area contributed by atoms with Crippen molar-refractivity contribution in [2.75, 3.05) is 24.7 Å². The first kappa shape index (κ1) is 14.4. The lowest BCUT2D eigenvalue weighted by Crippen LogP contribution is -2.28. The van der Waals surface area contributed by atoms with E-state index in [0.717, 1.165) is 17.5 Å². The van der Waals surface area contributed by atoms with Gasteiger partial charge < -0.3 is 5.32 Å². The second-order valence-corrected chi connectivity index (χ2v) is 5.84. The molecule has 0 radical (unpaired) electrons. The van der Waals surface area contributed by atoms with Crippen LogP contribution in [0.5, 0.6) is 0 Å². The lowest BCUT2D eigenvalue weighted by atomic mass is 10.1. The Morgan fingerprint density at radius 3 is 2.61 bits per heavy atom. The molecule has 0 amide bonds. The third-order valence-electron chi connectivity index (χ3n) is 2.24. The minimum absolute atomic E-state index is 0.248. The fourth-order valence-electron chi connectivity index (χ4n) is 1.52.